The van der Waals surface area contributed by atoms with Crippen molar-refractivity contribution in [2.75, 3.05) is 18.6 Å². The average Bonchev–Trinajstić information content (AvgIpc) is 3.47. The van der Waals surface area contributed by atoms with Crippen LogP contribution in [0.3, 0.4) is 0 Å². The molecule has 7 nitrogen and oxygen atoms in total. The summed E-state index contributed by atoms with van der Waals surface area (Å²) in [5.41, 5.74) is 3.87. The van der Waals surface area contributed by atoms with E-state index in [1.807, 2.05) is 24.4 Å². The van der Waals surface area contributed by atoms with Gasteiger partial charge in [-0.2, -0.15) is 0 Å². The second-order valence-electron chi connectivity index (χ2n) is 7.67. The third-order valence-electron chi connectivity index (χ3n) is 6.03. The largest absolute Gasteiger partial charge is 0.494 e. The lowest BCUT2D eigenvalue weighted by molar-refractivity contribution is -0.123. The van der Waals surface area contributed by atoms with Crippen LogP contribution in [0.4, 0.5) is 10.1 Å². The maximum atomic E-state index is 14.7. The standard InChI is InChI=1S/C24H16FN3O4/c1-31-16-11-15(22-13(19(16)25)6-10-32-22)17-18(24(30)27-23(17)29)20-14-4-2-3-12-5-8-28(21(12)14)9-7-26-20/h2-4,6-7,9-11H,5,8H2,1H3,(H,27,29,30). The second-order valence-corrected chi connectivity index (χ2v) is 7.67. The molecular weight excluding hydrogens is 413 g/mol. The van der Waals surface area contributed by atoms with E-state index in [4.69, 9.17) is 9.15 Å². The van der Waals surface area contributed by atoms with E-state index in [0.717, 1.165) is 29.8 Å². The number of nitrogens with zero attached hydrogens (tertiary/aromatic N) is 2. The van der Waals surface area contributed by atoms with E-state index in [1.165, 1.54) is 25.5 Å². The Bertz CT molecular complexity index is 1450. The number of para-hydroxylation sites is 1. The Balaban J connectivity index is 1.67. The van der Waals surface area contributed by atoms with Crippen molar-refractivity contribution in [1.29, 1.82) is 0 Å². The van der Waals surface area contributed by atoms with Crippen LogP contribution in [0, 0.1) is 5.82 Å². The summed E-state index contributed by atoms with van der Waals surface area (Å²) in [5.74, 6) is -1.82. The molecule has 1 N–H and O–H groups in total. The lowest BCUT2D eigenvalue weighted by Gasteiger charge is -2.17. The van der Waals surface area contributed by atoms with E-state index in [1.54, 1.807) is 6.20 Å². The van der Waals surface area contributed by atoms with Gasteiger partial charge in [0.2, 0.25) is 0 Å². The van der Waals surface area contributed by atoms with Crippen LogP contribution in [0.1, 0.15) is 16.7 Å². The fourth-order valence-electron chi connectivity index (χ4n) is 4.64. The molecule has 158 valence electrons. The Kier molecular flexibility index (Phi) is 3.86. The summed E-state index contributed by atoms with van der Waals surface area (Å²) in [4.78, 5) is 32.6. The Morgan fingerprint density at radius 1 is 1.16 bits per heavy atom. The number of aliphatic imine (C=N–C) groups is 1. The SMILES string of the molecule is COc1cc(C2=C(C3=NC=CN4CCc5cccc3c54)C(=O)NC2=O)c2occc2c1F. The number of nitrogens with one attached hydrogen (secondary N) is 1. The number of benzene rings is 2. The molecule has 0 saturated carbocycles. The number of carbonyl (C=O) groups is 2. The highest BCUT2D eigenvalue weighted by molar-refractivity contribution is 6.48. The molecule has 3 aliphatic rings. The van der Waals surface area contributed by atoms with Crippen LogP contribution in [-0.2, 0) is 16.0 Å². The number of anilines is 1. The number of halogens is 1. The van der Waals surface area contributed by atoms with E-state index in [9.17, 15) is 14.0 Å². The minimum Gasteiger partial charge on any atom is -0.494 e. The van der Waals surface area contributed by atoms with Gasteiger partial charge in [0.25, 0.3) is 11.8 Å². The molecule has 0 spiro atoms. The number of rotatable bonds is 3. The van der Waals surface area contributed by atoms with Gasteiger partial charge in [-0.25, -0.2) is 4.39 Å². The van der Waals surface area contributed by atoms with Crippen LogP contribution in [0.5, 0.6) is 5.75 Å². The van der Waals surface area contributed by atoms with Gasteiger partial charge in [0.15, 0.2) is 11.6 Å². The molecule has 0 saturated heterocycles. The van der Waals surface area contributed by atoms with Gasteiger partial charge < -0.3 is 14.1 Å². The van der Waals surface area contributed by atoms with Crippen molar-refractivity contribution in [3.8, 4) is 5.75 Å². The summed E-state index contributed by atoms with van der Waals surface area (Å²) in [6, 6.07) is 8.68. The number of hydrogen-bond acceptors (Lipinski definition) is 6. The van der Waals surface area contributed by atoms with Crippen molar-refractivity contribution in [3.05, 3.63) is 77.1 Å². The van der Waals surface area contributed by atoms with E-state index in [2.05, 4.69) is 15.2 Å². The highest BCUT2D eigenvalue weighted by Gasteiger charge is 2.38. The first-order valence-electron chi connectivity index (χ1n) is 10.1. The zero-order valence-electron chi connectivity index (χ0n) is 16.9. The van der Waals surface area contributed by atoms with Gasteiger partial charge >= 0.3 is 0 Å². The van der Waals surface area contributed by atoms with Crippen LogP contribution in [0.15, 0.2) is 64.0 Å². The fourth-order valence-corrected chi connectivity index (χ4v) is 4.64. The summed E-state index contributed by atoms with van der Waals surface area (Å²) < 4.78 is 25.4. The summed E-state index contributed by atoms with van der Waals surface area (Å²) in [6.45, 7) is 0.810. The zero-order chi connectivity index (χ0) is 22.0. The Hall–Kier alpha value is -4.20. The van der Waals surface area contributed by atoms with Gasteiger partial charge in [-0.15, -0.1) is 0 Å². The molecule has 0 fully saturated rings. The molecule has 2 aromatic carbocycles. The highest BCUT2D eigenvalue weighted by atomic mass is 19.1. The summed E-state index contributed by atoms with van der Waals surface area (Å²) >= 11 is 0. The van der Waals surface area contributed by atoms with Crippen LogP contribution >= 0.6 is 0 Å². The molecule has 32 heavy (non-hydrogen) atoms. The summed E-state index contributed by atoms with van der Waals surface area (Å²) in [5, 5.41) is 2.53. The van der Waals surface area contributed by atoms with Crippen molar-refractivity contribution in [1.82, 2.24) is 5.32 Å². The normalized spacial score (nSPS) is 17.1. The molecule has 2 amide bonds. The van der Waals surface area contributed by atoms with Crippen molar-refractivity contribution in [2.45, 2.75) is 6.42 Å². The molecule has 6 rings (SSSR count). The van der Waals surface area contributed by atoms with Crippen molar-refractivity contribution >= 4 is 39.8 Å². The Labute approximate surface area is 181 Å². The first-order chi connectivity index (χ1) is 15.6. The second kappa shape index (κ2) is 6.65. The first-order valence-corrected chi connectivity index (χ1v) is 10.1. The van der Waals surface area contributed by atoms with E-state index in [-0.39, 0.29) is 33.4 Å². The van der Waals surface area contributed by atoms with Crippen LogP contribution in [-0.4, -0.2) is 31.2 Å². The van der Waals surface area contributed by atoms with Crippen LogP contribution in [0.25, 0.3) is 16.5 Å². The van der Waals surface area contributed by atoms with Crippen LogP contribution < -0.4 is 15.0 Å². The van der Waals surface area contributed by atoms with Crippen molar-refractivity contribution in [3.63, 3.8) is 0 Å². The molecule has 8 heteroatoms. The fraction of sp³-hybridized carbons (Fsp3) is 0.125. The zero-order valence-corrected chi connectivity index (χ0v) is 16.9. The maximum absolute atomic E-state index is 14.7. The molecule has 0 aliphatic carbocycles. The quantitative estimate of drug-likeness (QED) is 0.646. The molecule has 3 aromatic rings. The van der Waals surface area contributed by atoms with Gasteiger partial charge in [-0.05, 0) is 24.1 Å². The molecular formula is C24H16FN3O4. The predicted octanol–water partition coefficient (Wildman–Crippen LogP) is 3.33. The highest BCUT2D eigenvalue weighted by Crippen LogP contribution is 2.40. The van der Waals surface area contributed by atoms with E-state index < -0.39 is 17.6 Å². The lowest BCUT2D eigenvalue weighted by Crippen LogP contribution is -2.25. The number of amides is 2. The van der Waals surface area contributed by atoms with Gasteiger partial charge in [-0.1, -0.05) is 18.2 Å². The third-order valence-corrected chi connectivity index (χ3v) is 6.03. The number of ether oxygens (including phenoxy) is 1. The minimum atomic E-state index is -0.600. The Morgan fingerprint density at radius 3 is 2.84 bits per heavy atom. The molecule has 0 radical (unpaired) electrons. The van der Waals surface area contributed by atoms with Crippen molar-refractivity contribution < 1.29 is 23.1 Å². The predicted molar refractivity (Wildman–Crippen MR) is 116 cm³/mol. The number of imide groups is 1. The summed E-state index contributed by atoms with van der Waals surface area (Å²) in [6.07, 6.45) is 5.70. The van der Waals surface area contributed by atoms with E-state index >= 15 is 0 Å². The molecule has 0 atom stereocenters. The van der Waals surface area contributed by atoms with Gasteiger partial charge in [-0.3, -0.25) is 19.9 Å². The lowest BCUT2D eigenvalue weighted by atomic mass is 9.92. The average molecular weight is 429 g/mol. The van der Waals surface area contributed by atoms with E-state index in [0.29, 0.717) is 5.71 Å². The first kappa shape index (κ1) is 18.6. The third kappa shape index (κ3) is 2.43. The number of methoxy groups -OCH3 is 1. The number of furan rings is 1. The van der Waals surface area contributed by atoms with Gasteiger partial charge in [0.05, 0.1) is 41.3 Å². The topological polar surface area (TPSA) is 84.1 Å². The minimum absolute atomic E-state index is 0.0534. The molecule has 1 aromatic heterocycles. The van der Waals surface area contributed by atoms with Gasteiger partial charge in [0.1, 0.15) is 5.58 Å². The smallest absolute Gasteiger partial charge is 0.261 e. The maximum Gasteiger partial charge on any atom is 0.261 e. The monoisotopic (exact) mass is 429 g/mol. The number of hydrogen-bond donors (Lipinski definition) is 1. The molecule has 3 aliphatic heterocycles. The van der Waals surface area contributed by atoms with Crippen molar-refractivity contribution in [2.24, 2.45) is 4.99 Å². The molecule has 0 unspecified atom stereocenters. The van der Waals surface area contributed by atoms with Crippen LogP contribution in [0.2, 0.25) is 0 Å². The summed E-state index contributed by atoms with van der Waals surface area (Å²) in [7, 11) is 1.34. The number of carbonyl (C=O) groups excluding carboxylic acids is 2. The number of fused-ring (bicyclic) bond motifs is 1. The molecule has 4 heterocycles. The Morgan fingerprint density at radius 2 is 2.00 bits per heavy atom. The van der Waals surface area contributed by atoms with Gasteiger partial charge in [0, 0.05) is 30.1 Å². The molecule has 0 bridgehead atoms.